The molecule has 0 heterocycles. The van der Waals surface area contributed by atoms with E-state index in [0.717, 1.165) is 5.56 Å². The van der Waals surface area contributed by atoms with E-state index in [1.54, 1.807) is 18.2 Å². The third kappa shape index (κ3) is 5.82. The molecule has 2 N–H and O–H groups in total. The molecule has 1 atom stereocenters. The molecule has 1 unspecified atom stereocenters. The van der Waals surface area contributed by atoms with E-state index in [0.29, 0.717) is 5.02 Å². The second-order valence-electron chi connectivity index (χ2n) is 3.74. The number of methoxy groups -OCH3 is 1. The van der Waals surface area contributed by atoms with Gasteiger partial charge in [-0.25, -0.2) is 0 Å². The Labute approximate surface area is 111 Å². The predicted molar refractivity (Wildman–Crippen MR) is 71.4 cm³/mol. The summed E-state index contributed by atoms with van der Waals surface area (Å²) in [7, 11) is 1.49. The van der Waals surface area contributed by atoms with Crippen LogP contribution in [0.4, 0.5) is 0 Å². The van der Waals surface area contributed by atoms with Gasteiger partial charge in [0.05, 0.1) is 12.7 Å². The number of ether oxygens (including phenoxy) is 1. The lowest BCUT2D eigenvalue weighted by molar-refractivity contribution is -0.117. The first kappa shape index (κ1) is 14.7. The number of carbonyl (C=O) groups is 1. The Kier molecular flexibility index (Phi) is 6.43. The van der Waals surface area contributed by atoms with Crippen LogP contribution in [0, 0.1) is 0 Å². The van der Waals surface area contributed by atoms with Gasteiger partial charge in [-0.05, 0) is 23.8 Å². The average molecular weight is 270 g/mol. The van der Waals surface area contributed by atoms with Crippen LogP contribution in [0.15, 0.2) is 30.3 Å². The molecule has 0 aliphatic rings. The topological polar surface area (TPSA) is 58.6 Å². The highest BCUT2D eigenvalue weighted by molar-refractivity contribution is 6.30. The normalized spacial score (nSPS) is 12.6. The molecule has 0 saturated carbocycles. The number of hydrogen-bond acceptors (Lipinski definition) is 3. The van der Waals surface area contributed by atoms with Crippen molar-refractivity contribution in [2.24, 2.45) is 0 Å². The maximum atomic E-state index is 11.4. The molecule has 0 aliphatic carbocycles. The maximum absolute atomic E-state index is 11.4. The fraction of sp³-hybridized carbons (Fsp3) is 0.308. The molecule has 1 aromatic rings. The van der Waals surface area contributed by atoms with Crippen molar-refractivity contribution in [2.75, 3.05) is 20.3 Å². The SMILES string of the molecule is COCC(O)CNC(=O)C=Cc1cccc(Cl)c1. The summed E-state index contributed by atoms with van der Waals surface area (Å²) in [4.78, 5) is 11.4. The van der Waals surface area contributed by atoms with Gasteiger partial charge in [-0.3, -0.25) is 4.79 Å². The molecule has 0 saturated heterocycles. The summed E-state index contributed by atoms with van der Waals surface area (Å²) < 4.78 is 4.74. The Bertz CT molecular complexity index is 420. The standard InChI is InChI=1S/C13H16ClNO3/c1-18-9-12(16)8-15-13(17)6-5-10-3-2-4-11(14)7-10/h2-7,12,16H,8-9H2,1H3,(H,15,17). The molecule has 4 nitrogen and oxygen atoms in total. The largest absolute Gasteiger partial charge is 0.389 e. The molecule has 1 rings (SSSR count). The van der Waals surface area contributed by atoms with Crippen LogP contribution in [0.3, 0.4) is 0 Å². The smallest absolute Gasteiger partial charge is 0.244 e. The van der Waals surface area contributed by atoms with Crippen LogP contribution in [0.2, 0.25) is 5.02 Å². The molecule has 0 spiro atoms. The second kappa shape index (κ2) is 7.87. The molecule has 1 amide bonds. The molecule has 1 aromatic carbocycles. The molecule has 5 heteroatoms. The number of aliphatic hydroxyl groups excluding tert-OH is 1. The van der Waals surface area contributed by atoms with Crippen LogP contribution in [-0.4, -0.2) is 37.4 Å². The van der Waals surface area contributed by atoms with Crippen molar-refractivity contribution < 1.29 is 14.6 Å². The molecule has 98 valence electrons. The van der Waals surface area contributed by atoms with Gasteiger partial charge in [-0.1, -0.05) is 23.7 Å². The highest BCUT2D eigenvalue weighted by atomic mass is 35.5. The van der Waals surface area contributed by atoms with Gasteiger partial charge < -0.3 is 15.2 Å². The third-order valence-corrected chi connectivity index (χ3v) is 2.38. The Balaban J connectivity index is 2.40. The molecular weight excluding hydrogens is 254 g/mol. The minimum Gasteiger partial charge on any atom is -0.389 e. The summed E-state index contributed by atoms with van der Waals surface area (Å²) in [6.07, 6.45) is 2.35. The molecule has 0 radical (unpaired) electrons. The van der Waals surface area contributed by atoms with Gasteiger partial charge in [0.2, 0.25) is 5.91 Å². The first-order valence-electron chi connectivity index (χ1n) is 5.50. The Morgan fingerprint density at radius 3 is 3.06 bits per heavy atom. The lowest BCUT2D eigenvalue weighted by atomic mass is 10.2. The highest BCUT2D eigenvalue weighted by Gasteiger charge is 2.04. The fourth-order valence-corrected chi connectivity index (χ4v) is 1.51. The van der Waals surface area contributed by atoms with Gasteiger partial charge in [-0.15, -0.1) is 0 Å². The van der Waals surface area contributed by atoms with Crippen LogP contribution in [-0.2, 0) is 9.53 Å². The molecular formula is C13H16ClNO3. The first-order chi connectivity index (χ1) is 8.61. The highest BCUT2D eigenvalue weighted by Crippen LogP contribution is 2.11. The summed E-state index contributed by atoms with van der Waals surface area (Å²) in [5, 5.41) is 12.5. The summed E-state index contributed by atoms with van der Waals surface area (Å²) in [5.74, 6) is -0.273. The number of hydrogen-bond donors (Lipinski definition) is 2. The number of rotatable bonds is 6. The summed E-state index contributed by atoms with van der Waals surface area (Å²) in [6.45, 7) is 0.352. The van der Waals surface area contributed by atoms with Crippen LogP contribution < -0.4 is 5.32 Å². The number of amides is 1. The van der Waals surface area contributed by atoms with Crippen molar-refractivity contribution in [1.29, 1.82) is 0 Å². The van der Waals surface area contributed by atoms with E-state index in [4.69, 9.17) is 16.3 Å². The zero-order chi connectivity index (χ0) is 13.4. The molecule has 0 aromatic heterocycles. The summed E-state index contributed by atoms with van der Waals surface area (Å²) in [5.41, 5.74) is 0.843. The monoisotopic (exact) mass is 269 g/mol. The van der Waals surface area contributed by atoms with Crippen molar-refractivity contribution in [3.05, 3.63) is 40.9 Å². The van der Waals surface area contributed by atoms with Crippen LogP contribution in [0.25, 0.3) is 6.08 Å². The molecule has 0 fully saturated rings. The molecule has 0 aliphatic heterocycles. The number of halogens is 1. The van der Waals surface area contributed by atoms with E-state index in [1.807, 2.05) is 12.1 Å². The zero-order valence-corrected chi connectivity index (χ0v) is 10.9. The lowest BCUT2D eigenvalue weighted by Gasteiger charge is -2.08. The second-order valence-corrected chi connectivity index (χ2v) is 4.18. The predicted octanol–water partition coefficient (Wildman–Crippen LogP) is 1.48. The first-order valence-corrected chi connectivity index (χ1v) is 5.88. The Hall–Kier alpha value is -1.36. The van der Waals surface area contributed by atoms with E-state index in [9.17, 15) is 9.90 Å². The van der Waals surface area contributed by atoms with Crippen LogP contribution >= 0.6 is 11.6 Å². The van der Waals surface area contributed by atoms with Crippen molar-refractivity contribution >= 4 is 23.6 Å². The number of nitrogens with one attached hydrogen (secondary N) is 1. The van der Waals surface area contributed by atoms with Crippen molar-refractivity contribution in [1.82, 2.24) is 5.32 Å². The summed E-state index contributed by atoms with van der Waals surface area (Å²) in [6, 6.07) is 7.17. The molecule has 18 heavy (non-hydrogen) atoms. The Morgan fingerprint density at radius 2 is 2.39 bits per heavy atom. The maximum Gasteiger partial charge on any atom is 0.244 e. The van der Waals surface area contributed by atoms with Crippen LogP contribution in [0.1, 0.15) is 5.56 Å². The van der Waals surface area contributed by atoms with Gasteiger partial charge in [0.1, 0.15) is 0 Å². The van der Waals surface area contributed by atoms with Crippen molar-refractivity contribution in [2.45, 2.75) is 6.10 Å². The van der Waals surface area contributed by atoms with E-state index in [1.165, 1.54) is 13.2 Å². The van der Waals surface area contributed by atoms with Gasteiger partial charge in [-0.2, -0.15) is 0 Å². The minimum absolute atomic E-state index is 0.159. The average Bonchev–Trinajstić information content (AvgIpc) is 2.34. The van der Waals surface area contributed by atoms with Gasteiger partial charge in [0, 0.05) is 24.8 Å². The van der Waals surface area contributed by atoms with E-state index < -0.39 is 6.10 Å². The van der Waals surface area contributed by atoms with Crippen molar-refractivity contribution in [3.63, 3.8) is 0 Å². The summed E-state index contributed by atoms with van der Waals surface area (Å²) >= 11 is 5.82. The van der Waals surface area contributed by atoms with E-state index in [-0.39, 0.29) is 19.1 Å². The quantitative estimate of drug-likeness (QED) is 0.769. The number of carbonyl (C=O) groups excluding carboxylic acids is 1. The Morgan fingerprint density at radius 1 is 1.61 bits per heavy atom. The van der Waals surface area contributed by atoms with Gasteiger partial charge in [0.25, 0.3) is 0 Å². The lowest BCUT2D eigenvalue weighted by Crippen LogP contribution is -2.33. The van der Waals surface area contributed by atoms with E-state index >= 15 is 0 Å². The fourth-order valence-electron chi connectivity index (χ4n) is 1.31. The number of aliphatic hydroxyl groups is 1. The number of benzene rings is 1. The van der Waals surface area contributed by atoms with Gasteiger partial charge >= 0.3 is 0 Å². The van der Waals surface area contributed by atoms with E-state index in [2.05, 4.69) is 5.32 Å². The minimum atomic E-state index is -0.696. The van der Waals surface area contributed by atoms with Gasteiger partial charge in [0.15, 0.2) is 0 Å². The van der Waals surface area contributed by atoms with Crippen LogP contribution in [0.5, 0.6) is 0 Å². The zero-order valence-electron chi connectivity index (χ0n) is 10.1. The molecule has 0 bridgehead atoms. The van der Waals surface area contributed by atoms with Crippen molar-refractivity contribution in [3.8, 4) is 0 Å². The third-order valence-electron chi connectivity index (χ3n) is 2.15.